The van der Waals surface area contributed by atoms with E-state index in [0.717, 1.165) is 25.1 Å². The van der Waals surface area contributed by atoms with Gasteiger partial charge in [0, 0.05) is 17.3 Å². The minimum Gasteiger partial charge on any atom is -0.383 e. The molecule has 4 nitrogen and oxygen atoms in total. The summed E-state index contributed by atoms with van der Waals surface area (Å²) in [7, 11) is 0. The Hall–Kier alpha value is -1.13. The van der Waals surface area contributed by atoms with Gasteiger partial charge in [-0.15, -0.1) is 0 Å². The maximum absolute atomic E-state index is 6.48. The first-order chi connectivity index (χ1) is 8.51. The molecule has 2 unspecified atom stereocenters. The summed E-state index contributed by atoms with van der Waals surface area (Å²) < 4.78 is 0. The van der Waals surface area contributed by atoms with Crippen molar-refractivity contribution < 1.29 is 0 Å². The second-order valence-corrected chi connectivity index (χ2v) is 4.84. The minimum absolute atomic E-state index is 0.0966. The molecule has 0 fully saturated rings. The van der Waals surface area contributed by atoms with Crippen molar-refractivity contribution in [1.29, 1.82) is 0 Å². The topological polar surface area (TPSA) is 68.2 Å². The van der Waals surface area contributed by atoms with E-state index >= 15 is 0 Å². The third-order valence-corrected chi connectivity index (χ3v) is 4.08. The lowest BCUT2D eigenvalue weighted by molar-refractivity contribution is 0.0846. The first kappa shape index (κ1) is 14.9. The summed E-state index contributed by atoms with van der Waals surface area (Å²) in [4.78, 5) is 6.53. The molecule has 18 heavy (non-hydrogen) atoms. The van der Waals surface area contributed by atoms with Crippen LogP contribution in [0.1, 0.15) is 45.7 Å². The molecule has 0 aromatic carbocycles. The quantitative estimate of drug-likeness (QED) is 0.812. The lowest BCUT2D eigenvalue weighted by Gasteiger charge is -2.44. The SMILES string of the molecule is CCN(CC)C(C)(CC)C(N)c1cccnc1N. The van der Waals surface area contributed by atoms with Crippen LogP contribution < -0.4 is 11.5 Å². The highest BCUT2D eigenvalue weighted by Crippen LogP contribution is 2.33. The highest BCUT2D eigenvalue weighted by molar-refractivity contribution is 5.42. The van der Waals surface area contributed by atoms with Gasteiger partial charge in [-0.2, -0.15) is 0 Å². The highest BCUT2D eigenvalue weighted by Gasteiger charge is 2.36. The van der Waals surface area contributed by atoms with Crippen LogP contribution in [0, 0.1) is 0 Å². The van der Waals surface area contributed by atoms with Crippen LogP contribution in [0.5, 0.6) is 0 Å². The number of nitrogen functional groups attached to an aromatic ring is 1. The molecule has 0 amide bonds. The summed E-state index contributed by atoms with van der Waals surface area (Å²) in [6.07, 6.45) is 2.68. The van der Waals surface area contributed by atoms with Crippen molar-refractivity contribution >= 4 is 5.82 Å². The summed E-state index contributed by atoms with van der Waals surface area (Å²) in [5.74, 6) is 0.539. The summed E-state index contributed by atoms with van der Waals surface area (Å²) in [5, 5.41) is 0. The van der Waals surface area contributed by atoms with E-state index in [2.05, 4.69) is 37.6 Å². The van der Waals surface area contributed by atoms with Gasteiger partial charge in [-0.05, 0) is 32.5 Å². The molecular weight excluding hydrogens is 224 g/mol. The molecule has 1 aromatic rings. The minimum atomic E-state index is -0.129. The largest absolute Gasteiger partial charge is 0.383 e. The predicted octanol–water partition coefficient (Wildman–Crippen LogP) is 2.17. The Labute approximate surface area is 110 Å². The number of likely N-dealkylation sites (N-methyl/N-ethyl adjacent to an activating group) is 1. The van der Waals surface area contributed by atoms with Crippen molar-refractivity contribution in [2.45, 2.75) is 45.7 Å². The fourth-order valence-electron chi connectivity index (χ4n) is 2.61. The predicted molar refractivity (Wildman–Crippen MR) is 77.2 cm³/mol. The Morgan fingerprint density at radius 2 is 1.94 bits per heavy atom. The fraction of sp³-hybridized carbons (Fsp3) is 0.643. The molecule has 2 atom stereocenters. The molecule has 102 valence electrons. The number of nitrogens with zero attached hydrogens (tertiary/aromatic N) is 2. The van der Waals surface area contributed by atoms with Gasteiger partial charge in [-0.1, -0.05) is 26.8 Å². The lowest BCUT2D eigenvalue weighted by atomic mass is 9.83. The molecule has 1 aromatic heterocycles. The van der Waals surface area contributed by atoms with Crippen LogP contribution >= 0.6 is 0 Å². The van der Waals surface area contributed by atoms with Gasteiger partial charge in [-0.3, -0.25) is 4.90 Å². The number of aromatic nitrogens is 1. The van der Waals surface area contributed by atoms with Crippen LogP contribution in [0.4, 0.5) is 5.82 Å². The monoisotopic (exact) mass is 250 g/mol. The van der Waals surface area contributed by atoms with Crippen LogP contribution in [0.3, 0.4) is 0 Å². The molecule has 0 aliphatic heterocycles. The Balaban J connectivity index is 3.12. The van der Waals surface area contributed by atoms with Crippen LogP contribution in [0.2, 0.25) is 0 Å². The van der Waals surface area contributed by atoms with Crippen molar-refractivity contribution in [2.24, 2.45) is 5.73 Å². The summed E-state index contributed by atoms with van der Waals surface area (Å²) >= 11 is 0. The van der Waals surface area contributed by atoms with Gasteiger partial charge in [-0.25, -0.2) is 4.98 Å². The number of pyridine rings is 1. The van der Waals surface area contributed by atoms with E-state index in [4.69, 9.17) is 11.5 Å². The van der Waals surface area contributed by atoms with Crippen molar-refractivity contribution in [1.82, 2.24) is 9.88 Å². The Morgan fingerprint density at radius 3 is 2.39 bits per heavy atom. The van der Waals surface area contributed by atoms with E-state index in [-0.39, 0.29) is 11.6 Å². The van der Waals surface area contributed by atoms with Crippen LogP contribution in [-0.2, 0) is 0 Å². The van der Waals surface area contributed by atoms with E-state index in [1.54, 1.807) is 6.20 Å². The summed E-state index contributed by atoms with van der Waals surface area (Å²) in [5.41, 5.74) is 13.3. The van der Waals surface area contributed by atoms with Gasteiger partial charge in [0.05, 0.1) is 6.04 Å². The molecule has 0 radical (unpaired) electrons. The zero-order valence-electron chi connectivity index (χ0n) is 12.0. The third-order valence-electron chi connectivity index (χ3n) is 4.08. The molecule has 0 aliphatic carbocycles. The molecular formula is C14H26N4. The Bertz CT molecular complexity index is 376. The number of hydrogen-bond acceptors (Lipinski definition) is 4. The average Bonchev–Trinajstić information content (AvgIpc) is 2.39. The smallest absolute Gasteiger partial charge is 0.128 e. The highest BCUT2D eigenvalue weighted by atomic mass is 15.2. The van der Waals surface area contributed by atoms with Gasteiger partial charge in [0.2, 0.25) is 0 Å². The molecule has 0 aliphatic rings. The number of nitrogens with two attached hydrogens (primary N) is 2. The van der Waals surface area contributed by atoms with Gasteiger partial charge < -0.3 is 11.5 Å². The second-order valence-electron chi connectivity index (χ2n) is 4.84. The second kappa shape index (κ2) is 6.16. The Morgan fingerprint density at radius 1 is 1.33 bits per heavy atom. The first-order valence-corrected chi connectivity index (χ1v) is 6.72. The third kappa shape index (κ3) is 2.65. The molecule has 0 saturated carbocycles. The van der Waals surface area contributed by atoms with E-state index in [9.17, 15) is 0 Å². The van der Waals surface area contributed by atoms with Crippen molar-refractivity contribution in [3.63, 3.8) is 0 Å². The lowest BCUT2D eigenvalue weighted by Crippen LogP contribution is -2.53. The van der Waals surface area contributed by atoms with Crippen molar-refractivity contribution in [3.8, 4) is 0 Å². The van der Waals surface area contributed by atoms with Gasteiger partial charge in [0.25, 0.3) is 0 Å². The van der Waals surface area contributed by atoms with Gasteiger partial charge in [0.15, 0.2) is 0 Å². The number of anilines is 1. The van der Waals surface area contributed by atoms with E-state index < -0.39 is 0 Å². The molecule has 0 spiro atoms. The van der Waals surface area contributed by atoms with E-state index in [1.165, 1.54) is 0 Å². The standard InChI is InChI=1S/C14H26N4/c1-5-14(4,18(6-2)7-3)12(15)11-9-8-10-17-13(11)16/h8-10,12H,5-7,15H2,1-4H3,(H2,16,17). The average molecular weight is 250 g/mol. The van der Waals surface area contributed by atoms with Gasteiger partial charge >= 0.3 is 0 Å². The summed E-state index contributed by atoms with van der Waals surface area (Å²) in [6, 6.07) is 3.74. The zero-order valence-corrected chi connectivity index (χ0v) is 12.0. The molecule has 0 saturated heterocycles. The number of rotatable bonds is 6. The maximum Gasteiger partial charge on any atom is 0.128 e. The van der Waals surface area contributed by atoms with Crippen LogP contribution in [0.25, 0.3) is 0 Å². The molecule has 1 rings (SSSR count). The zero-order chi connectivity index (χ0) is 13.8. The van der Waals surface area contributed by atoms with Gasteiger partial charge in [0.1, 0.15) is 5.82 Å². The first-order valence-electron chi connectivity index (χ1n) is 6.72. The number of hydrogen-bond donors (Lipinski definition) is 2. The molecule has 4 N–H and O–H groups in total. The van der Waals surface area contributed by atoms with Crippen LogP contribution in [-0.4, -0.2) is 28.5 Å². The fourth-order valence-corrected chi connectivity index (χ4v) is 2.61. The van der Waals surface area contributed by atoms with Crippen LogP contribution in [0.15, 0.2) is 18.3 Å². The van der Waals surface area contributed by atoms with E-state index in [0.29, 0.717) is 5.82 Å². The normalized spacial score (nSPS) is 16.6. The molecule has 1 heterocycles. The Kier molecular flexibility index (Phi) is 5.11. The summed E-state index contributed by atoms with van der Waals surface area (Å²) in [6.45, 7) is 10.7. The van der Waals surface area contributed by atoms with Crippen molar-refractivity contribution in [2.75, 3.05) is 18.8 Å². The molecule has 0 bridgehead atoms. The van der Waals surface area contributed by atoms with Crippen molar-refractivity contribution in [3.05, 3.63) is 23.9 Å². The molecule has 4 heteroatoms. The maximum atomic E-state index is 6.48. The van der Waals surface area contributed by atoms with E-state index in [1.807, 2.05) is 12.1 Å².